The monoisotopic (exact) mass is 1280 g/mol. The third-order valence-corrected chi connectivity index (χ3v) is 32.1. The Kier molecular flexibility index (Phi) is 20.6. The van der Waals surface area contributed by atoms with E-state index < -0.39 is 16.1 Å². The second-order valence-corrected chi connectivity index (χ2v) is 35.4. The molecule has 84 heavy (non-hydrogen) atoms. The van der Waals surface area contributed by atoms with Crippen LogP contribution >= 0.6 is 31.9 Å². The molecule has 0 saturated heterocycles. The maximum atomic E-state index is 4.20. The fraction of sp³-hybridized carbons (Fsp3) is 0.421. The number of hydrogen-bond acceptors (Lipinski definition) is 0. The van der Waals surface area contributed by atoms with E-state index in [-0.39, 0.29) is 0 Å². The molecule has 4 aromatic carbocycles. The SMILES string of the molecule is CCCCCCCC[Si]1(CCCCCCCC)c2ccccc2-c2ccc(C3=c4ccc([nH]4)=C(Br)c4ccc([nH]4)C(c4ccc5c(c4)[Si](CCCCCCCC)(CCCCCCCC)c4ccccc4-5)=c4ccc([nH]4)=C(Br)c4ccc3[nH]4)cc21. The molecule has 11 rings (SSSR count). The molecular weight excluding hydrogens is 1180 g/mol. The zero-order valence-electron chi connectivity index (χ0n) is 51.3. The number of H-pyrrole nitrogens is 4. The number of fused-ring (bicyclic) bond motifs is 14. The van der Waals surface area contributed by atoms with Crippen LogP contribution in [0.25, 0.3) is 42.4 Å². The summed E-state index contributed by atoms with van der Waals surface area (Å²) in [7, 11) is -4.27. The van der Waals surface area contributed by atoms with E-state index in [1.165, 1.54) is 223 Å². The first-order chi connectivity index (χ1) is 41.3. The molecule has 3 aliphatic rings. The third kappa shape index (κ3) is 12.7. The highest BCUT2D eigenvalue weighted by atomic mass is 79.9. The van der Waals surface area contributed by atoms with Crippen LogP contribution in [-0.2, 0) is 0 Å². The van der Waals surface area contributed by atoms with Crippen molar-refractivity contribution in [2.45, 2.75) is 206 Å². The van der Waals surface area contributed by atoms with Gasteiger partial charge < -0.3 is 19.9 Å². The lowest BCUT2D eigenvalue weighted by molar-refractivity contribution is 0.616. The molecule has 7 heterocycles. The van der Waals surface area contributed by atoms with Crippen LogP contribution in [0.3, 0.4) is 0 Å². The number of nitrogens with one attached hydrogen (secondary N) is 4. The van der Waals surface area contributed by atoms with Crippen molar-refractivity contribution in [3.8, 4) is 22.3 Å². The quantitative estimate of drug-likeness (QED) is 0.0256. The molecule has 0 atom stereocenters. The molecule has 4 N–H and O–H groups in total. The summed E-state index contributed by atoms with van der Waals surface area (Å²) in [5, 5.41) is 11.0. The van der Waals surface area contributed by atoms with Crippen molar-refractivity contribution in [1.82, 2.24) is 19.9 Å². The van der Waals surface area contributed by atoms with Crippen LogP contribution in [-0.4, -0.2) is 36.1 Å². The zero-order valence-corrected chi connectivity index (χ0v) is 56.4. The molecule has 8 heteroatoms. The summed E-state index contributed by atoms with van der Waals surface area (Å²) in [6.45, 7) is 9.33. The summed E-state index contributed by atoms with van der Waals surface area (Å²) >= 11 is 8.40. The van der Waals surface area contributed by atoms with Gasteiger partial charge in [0.25, 0.3) is 0 Å². The van der Waals surface area contributed by atoms with Crippen molar-refractivity contribution in [2.75, 3.05) is 0 Å². The van der Waals surface area contributed by atoms with E-state index in [1.54, 1.807) is 20.7 Å². The van der Waals surface area contributed by atoms with Crippen molar-refractivity contribution < 1.29 is 0 Å². The molecular formula is C76H94Br2N4Si2. The normalized spacial score (nSPS) is 14.5. The molecule has 0 spiro atoms. The van der Waals surface area contributed by atoms with Gasteiger partial charge >= 0.3 is 0 Å². The molecule has 0 amide bonds. The van der Waals surface area contributed by atoms with Crippen molar-refractivity contribution >= 4 is 88.9 Å². The lowest BCUT2D eigenvalue weighted by Gasteiger charge is -2.31. The minimum absolute atomic E-state index is 1.02. The van der Waals surface area contributed by atoms with Gasteiger partial charge in [-0.25, -0.2) is 0 Å². The number of halogens is 2. The summed E-state index contributed by atoms with van der Waals surface area (Å²) in [5.74, 6) is 0. The Bertz CT molecular complexity index is 3500. The van der Waals surface area contributed by atoms with E-state index in [0.717, 1.165) is 53.1 Å². The average molecular weight is 1280 g/mol. The van der Waals surface area contributed by atoms with E-state index in [4.69, 9.17) is 0 Å². The van der Waals surface area contributed by atoms with E-state index in [0.29, 0.717) is 0 Å². The molecule has 0 saturated carbocycles. The molecule has 4 aromatic heterocycles. The minimum Gasteiger partial charge on any atom is -0.354 e. The first-order valence-corrected chi connectivity index (χ1v) is 39.8. The largest absolute Gasteiger partial charge is 0.354 e. The van der Waals surface area contributed by atoms with Gasteiger partial charge in [0.2, 0.25) is 0 Å². The van der Waals surface area contributed by atoms with Gasteiger partial charge in [0, 0.05) is 33.2 Å². The van der Waals surface area contributed by atoms with E-state index in [2.05, 4.69) is 213 Å². The van der Waals surface area contributed by atoms with Crippen LogP contribution in [0.1, 0.15) is 216 Å². The standard InChI is InChI=1S/C76H94Br2N4Si2/c1-5-9-13-17-21-29-49-83(50-30-22-18-14-10-6-2)69-35-27-25-33-57(69)59-39-37-55(53-71(59)83)73-61-41-45-65(79-61)75(77)67-47-43-63(81-67)74(64-44-48-68(82-64)76(78)66-46-42-62(73)80-66)56-38-40-60-58-34-26-28-36-70(58)84(72(60)54-56,51-31-23-19-15-11-7-3)52-32-24-20-16-12-8-4/h25-28,33-48,53-54,79-82H,5-24,29-32,49-52H2,1-4H3. The molecule has 0 fully saturated rings. The van der Waals surface area contributed by atoms with Gasteiger partial charge in [-0.05, 0) is 159 Å². The predicted molar refractivity (Wildman–Crippen MR) is 374 cm³/mol. The van der Waals surface area contributed by atoms with E-state index >= 15 is 0 Å². The Balaban J connectivity index is 1.02. The first-order valence-electron chi connectivity index (χ1n) is 33.4. The number of unbranched alkanes of at least 4 members (excludes halogenated alkanes) is 20. The summed E-state index contributed by atoms with van der Waals surface area (Å²) < 4.78 is 2.03. The van der Waals surface area contributed by atoms with Crippen molar-refractivity contribution in [3.05, 3.63) is 189 Å². The van der Waals surface area contributed by atoms with Gasteiger partial charge in [-0.15, -0.1) is 0 Å². The summed E-state index contributed by atoms with van der Waals surface area (Å²) in [5.41, 5.74) is 15.2. The van der Waals surface area contributed by atoms with Gasteiger partial charge in [0.1, 0.15) is 16.1 Å². The first kappa shape index (κ1) is 60.6. The molecule has 0 radical (unpaired) electrons. The predicted octanol–water partition coefficient (Wildman–Crippen LogP) is 17.4. The average Bonchev–Trinajstić information content (AvgIpc) is 1.99. The second-order valence-electron chi connectivity index (χ2n) is 25.4. The van der Waals surface area contributed by atoms with Crippen LogP contribution < -0.4 is 42.1 Å². The van der Waals surface area contributed by atoms with E-state index in [1.807, 2.05) is 0 Å². The number of benzene rings is 4. The Labute approximate surface area is 522 Å². The van der Waals surface area contributed by atoms with Gasteiger partial charge in [0.15, 0.2) is 0 Å². The maximum absolute atomic E-state index is 4.20. The Morgan fingerprint density at radius 2 is 0.595 bits per heavy atom. The maximum Gasteiger partial charge on any atom is 0.119 e. The third-order valence-electron chi connectivity index (χ3n) is 19.7. The zero-order chi connectivity index (χ0) is 57.9. The summed E-state index contributed by atoms with van der Waals surface area (Å²) in [4.78, 5) is 16.0. The molecule has 8 aromatic rings. The van der Waals surface area contributed by atoms with Crippen molar-refractivity contribution in [3.63, 3.8) is 0 Å². The number of aromatic amines is 4. The fourth-order valence-corrected chi connectivity index (χ4v) is 27.5. The molecule has 440 valence electrons. The molecule has 4 nitrogen and oxygen atoms in total. The van der Waals surface area contributed by atoms with E-state index in [9.17, 15) is 0 Å². The Hall–Kier alpha value is -5.13. The van der Waals surface area contributed by atoms with Gasteiger partial charge in [-0.1, -0.05) is 267 Å². The number of aromatic nitrogens is 4. The Morgan fingerprint density at radius 3 is 0.964 bits per heavy atom. The molecule has 0 unspecified atom stereocenters. The second kappa shape index (κ2) is 28.6. The van der Waals surface area contributed by atoms with Gasteiger partial charge in [-0.3, -0.25) is 0 Å². The highest BCUT2D eigenvalue weighted by Crippen LogP contribution is 2.40. The molecule has 8 bridgehead atoms. The van der Waals surface area contributed by atoms with Gasteiger partial charge in [0.05, 0.1) is 31.1 Å². The van der Waals surface area contributed by atoms with Crippen LogP contribution in [0.2, 0.25) is 24.2 Å². The topological polar surface area (TPSA) is 63.2 Å². The van der Waals surface area contributed by atoms with Crippen molar-refractivity contribution in [1.29, 1.82) is 0 Å². The smallest absolute Gasteiger partial charge is 0.119 e. The minimum atomic E-state index is -2.13. The van der Waals surface area contributed by atoms with Crippen LogP contribution in [0.15, 0.2) is 133 Å². The number of rotatable bonds is 30. The highest BCUT2D eigenvalue weighted by molar-refractivity contribution is 9.15. The molecule has 3 aliphatic heterocycles. The Morgan fingerprint density at radius 1 is 0.286 bits per heavy atom. The van der Waals surface area contributed by atoms with Crippen LogP contribution in [0.4, 0.5) is 0 Å². The van der Waals surface area contributed by atoms with Gasteiger partial charge in [-0.2, -0.15) is 0 Å². The van der Waals surface area contributed by atoms with Crippen LogP contribution in [0, 0.1) is 0 Å². The van der Waals surface area contributed by atoms with Crippen molar-refractivity contribution in [2.24, 2.45) is 0 Å². The van der Waals surface area contributed by atoms with Crippen LogP contribution in [0.5, 0.6) is 0 Å². The highest BCUT2D eigenvalue weighted by Gasteiger charge is 2.46. The summed E-state index contributed by atoms with van der Waals surface area (Å²) in [6, 6.07) is 57.9. The lowest BCUT2D eigenvalue weighted by Crippen LogP contribution is -2.55. The lowest BCUT2D eigenvalue weighted by atomic mass is 9.98. The number of hydrogen-bond donors (Lipinski definition) is 4. The molecule has 0 aliphatic carbocycles. The summed E-state index contributed by atoms with van der Waals surface area (Å²) in [6.07, 6.45) is 32.0. The fourth-order valence-electron chi connectivity index (χ4n) is 15.3.